The third-order valence-corrected chi connectivity index (χ3v) is 6.91. The van der Waals surface area contributed by atoms with Crippen LogP contribution in [-0.2, 0) is 4.79 Å². The lowest BCUT2D eigenvalue weighted by Crippen LogP contribution is -2.27. The Labute approximate surface area is 214 Å². The first kappa shape index (κ1) is 23.5. The molecule has 0 unspecified atom stereocenters. The summed E-state index contributed by atoms with van der Waals surface area (Å²) >= 11 is 8.77. The molecule has 1 aliphatic heterocycles. The summed E-state index contributed by atoms with van der Waals surface area (Å²) in [7, 11) is 0. The number of amides is 1. The number of ether oxygens (including phenoxy) is 2. The van der Waals surface area contributed by atoms with Gasteiger partial charge in [-0.1, -0.05) is 60.4 Å². The molecule has 1 fully saturated rings. The quantitative estimate of drug-likeness (QED) is 0.111. The third kappa shape index (κ3) is 5.29. The van der Waals surface area contributed by atoms with E-state index in [2.05, 4.69) is 22.6 Å². The summed E-state index contributed by atoms with van der Waals surface area (Å²) in [6.07, 6.45) is 1.76. The average molecular weight is 587 g/mol. The van der Waals surface area contributed by atoms with Crippen LogP contribution in [0.5, 0.6) is 11.5 Å². The molecule has 0 saturated carbocycles. The maximum atomic E-state index is 13.0. The standard InChI is InChI=1S/C25H18INO4S2/c1-2-30-21-14-16(12-13-20(21)31-24(29)18-10-6-7-11-19(18)26)15-22-23(28)27(25(32)33-22)17-8-4-3-5-9-17/h3-15H,2H2,1H3/b22-15+. The maximum Gasteiger partial charge on any atom is 0.344 e. The van der Waals surface area contributed by atoms with Crippen molar-refractivity contribution in [1.82, 2.24) is 0 Å². The summed E-state index contributed by atoms with van der Waals surface area (Å²) in [6.45, 7) is 2.25. The van der Waals surface area contributed by atoms with Crippen molar-refractivity contribution < 1.29 is 19.1 Å². The van der Waals surface area contributed by atoms with Crippen LogP contribution in [0.1, 0.15) is 22.8 Å². The molecule has 5 nitrogen and oxygen atoms in total. The minimum atomic E-state index is -0.461. The average Bonchev–Trinajstić information content (AvgIpc) is 3.09. The van der Waals surface area contributed by atoms with Crippen molar-refractivity contribution in [1.29, 1.82) is 0 Å². The number of para-hydroxylation sites is 1. The lowest BCUT2D eigenvalue weighted by molar-refractivity contribution is -0.113. The Morgan fingerprint density at radius 2 is 1.79 bits per heavy atom. The van der Waals surface area contributed by atoms with Gasteiger partial charge in [0.2, 0.25) is 0 Å². The first-order chi connectivity index (χ1) is 16.0. The van der Waals surface area contributed by atoms with Gasteiger partial charge in [-0.15, -0.1) is 0 Å². The summed E-state index contributed by atoms with van der Waals surface area (Å²) in [5.41, 5.74) is 1.95. The van der Waals surface area contributed by atoms with Gasteiger partial charge in [-0.2, -0.15) is 0 Å². The van der Waals surface area contributed by atoms with Crippen molar-refractivity contribution in [3.8, 4) is 11.5 Å². The first-order valence-corrected chi connectivity index (χ1v) is 12.3. The Morgan fingerprint density at radius 1 is 1.06 bits per heavy atom. The van der Waals surface area contributed by atoms with E-state index in [0.717, 1.165) is 14.8 Å². The van der Waals surface area contributed by atoms with Gasteiger partial charge in [-0.05, 0) is 77.6 Å². The van der Waals surface area contributed by atoms with E-state index in [1.165, 1.54) is 16.7 Å². The highest BCUT2D eigenvalue weighted by Crippen LogP contribution is 2.37. The van der Waals surface area contributed by atoms with Gasteiger partial charge in [-0.25, -0.2) is 4.79 Å². The maximum absolute atomic E-state index is 13.0. The fourth-order valence-corrected chi connectivity index (χ4v) is 5.07. The van der Waals surface area contributed by atoms with Crippen LogP contribution in [0.25, 0.3) is 6.08 Å². The van der Waals surface area contributed by atoms with Crippen LogP contribution < -0.4 is 14.4 Å². The molecule has 0 N–H and O–H groups in total. The fraction of sp³-hybridized carbons (Fsp3) is 0.0800. The molecular weight excluding hydrogens is 569 g/mol. The van der Waals surface area contributed by atoms with Gasteiger partial charge in [0.1, 0.15) is 0 Å². The molecule has 0 aliphatic carbocycles. The molecule has 33 heavy (non-hydrogen) atoms. The van der Waals surface area contributed by atoms with E-state index in [9.17, 15) is 9.59 Å². The van der Waals surface area contributed by atoms with Gasteiger partial charge in [0.25, 0.3) is 5.91 Å². The summed E-state index contributed by atoms with van der Waals surface area (Å²) in [5.74, 6) is 0.0975. The minimum absolute atomic E-state index is 0.177. The van der Waals surface area contributed by atoms with E-state index in [4.69, 9.17) is 21.7 Å². The van der Waals surface area contributed by atoms with E-state index in [-0.39, 0.29) is 5.91 Å². The molecule has 1 saturated heterocycles. The van der Waals surface area contributed by atoms with Crippen LogP contribution in [0.4, 0.5) is 5.69 Å². The van der Waals surface area contributed by atoms with Gasteiger partial charge in [0.05, 0.1) is 22.8 Å². The minimum Gasteiger partial charge on any atom is -0.490 e. The number of rotatable bonds is 6. The highest BCUT2D eigenvalue weighted by atomic mass is 127. The van der Waals surface area contributed by atoms with E-state index in [0.29, 0.717) is 32.9 Å². The fourth-order valence-electron chi connectivity index (χ4n) is 3.17. The zero-order valence-electron chi connectivity index (χ0n) is 17.5. The number of hydrogen-bond donors (Lipinski definition) is 0. The second-order valence-electron chi connectivity index (χ2n) is 6.86. The van der Waals surface area contributed by atoms with Crippen molar-refractivity contribution >= 4 is 74.5 Å². The van der Waals surface area contributed by atoms with E-state index >= 15 is 0 Å². The highest BCUT2D eigenvalue weighted by Gasteiger charge is 2.33. The number of hydrogen-bond acceptors (Lipinski definition) is 6. The Kier molecular flexibility index (Phi) is 7.46. The SMILES string of the molecule is CCOc1cc(/C=C2/SC(=S)N(c3ccccc3)C2=O)ccc1OC(=O)c1ccccc1I. The Morgan fingerprint density at radius 3 is 2.52 bits per heavy atom. The second-order valence-corrected chi connectivity index (χ2v) is 9.70. The molecule has 3 aromatic carbocycles. The molecule has 4 rings (SSSR count). The number of halogens is 1. The van der Waals surface area contributed by atoms with Crippen LogP contribution in [-0.4, -0.2) is 22.8 Å². The van der Waals surface area contributed by atoms with Crippen molar-refractivity contribution in [2.24, 2.45) is 0 Å². The summed E-state index contributed by atoms with van der Waals surface area (Å²) < 4.78 is 12.6. The van der Waals surface area contributed by atoms with Crippen LogP contribution >= 0.6 is 46.6 Å². The predicted molar refractivity (Wildman–Crippen MR) is 144 cm³/mol. The lowest BCUT2D eigenvalue weighted by Gasteiger charge is -2.14. The molecule has 0 bridgehead atoms. The number of carbonyl (C=O) groups excluding carboxylic acids is 2. The third-order valence-electron chi connectivity index (χ3n) is 4.67. The predicted octanol–water partition coefficient (Wildman–Crippen LogP) is 6.31. The molecule has 0 aromatic heterocycles. The van der Waals surface area contributed by atoms with Crippen LogP contribution in [0, 0.1) is 3.57 Å². The number of thiocarbonyl (C=S) groups is 1. The second kappa shape index (κ2) is 10.5. The van der Waals surface area contributed by atoms with E-state index in [1.807, 2.05) is 49.4 Å². The van der Waals surface area contributed by atoms with Gasteiger partial charge >= 0.3 is 5.97 Å². The van der Waals surface area contributed by atoms with Crippen molar-refractivity contribution in [3.63, 3.8) is 0 Å². The normalized spacial score (nSPS) is 14.6. The smallest absolute Gasteiger partial charge is 0.344 e. The van der Waals surface area contributed by atoms with Crippen LogP contribution in [0.3, 0.4) is 0 Å². The molecule has 0 radical (unpaired) electrons. The molecular formula is C25H18INO4S2. The number of esters is 1. The van der Waals surface area contributed by atoms with Gasteiger partial charge in [-0.3, -0.25) is 9.69 Å². The number of thioether (sulfide) groups is 1. The van der Waals surface area contributed by atoms with Gasteiger partial charge in [0.15, 0.2) is 15.8 Å². The largest absolute Gasteiger partial charge is 0.490 e. The van der Waals surface area contributed by atoms with E-state index in [1.54, 1.807) is 36.4 Å². The Bertz CT molecular complexity index is 1260. The van der Waals surface area contributed by atoms with Crippen LogP contribution in [0.2, 0.25) is 0 Å². The molecule has 1 aliphatic rings. The van der Waals surface area contributed by atoms with Gasteiger partial charge < -0.3 is 9.47 Å². The van der Waals surface area contributed by atoms with Crippen molar-refractivity contribution in [2.45, 2.75) is 6.92 Å². The highest BCUT2D eigenvalue weighted by molar-refractivity contribution is 14.1. The molecule has 166 valence electrons. The number of benzene rings is 3. The molecule has 1 amide bonds. The van der Waals surface area contributed by atoms with Crippen molar-refractivity contribution in [2.75, 3.05) is 11.5 Å². The Balaban J connectivity index is 1.59. The molecule has 1 heterocycles. The summed E-state index contributed by atoms with van der Waals surface area (Å²) in [5, 5.41) is 0. The number of anilines is 1. The number of carbonyl (C=O) groups is 2. The molecule has 0 atom stereocenters. The Hall–Kier alpha value is -2.69. The van der Waals surface area contributed by atoms with Crippen molar-refractivity contribution in [3.05, 3.63) is 92.4 Å². The monoisotopic (exact) mass is 587 g/mol. The molecule has 0 spiro atoms. The zero-order valence-corrected chi connectivity index (χ0v) is 21.3. The molecule has 3 aromatic rings. The first-order valence-electron chi connectivity index (χ1n) is 10.0. The summed E-state index contributed by atoms with van der Waals surface area (Å²) in [4.78, 5) is 27.7. The lowest BCUT2D eigenvalue weighted by atomic mass is 10.1. The van der Waals surface area contributed by atoms with Crippen LogP contribution in [0.15, 0.2) is 77.7 Å². The zero-order chi connectivity index (χ0) is 23.4. The number of nitrogens with zero attached hydrogens (tertiary/aromatic N) is 1. The van der Waals surface area contributed by atoms with Gasteiger partial charge in [0, 0.05) is 3.57 Å². The van der Waals surface area contributed by atoms with E-state index < -0.39 is 5.97 Å². The molecule has 8 heteroatoms. The topological polar surface area (TPSA) is 55.8 Å². The summed E-state index contributed by atoms with van der Waals surface area (Å²) in [6, 6.07) is 21.7.